The van der Waals surface area contributed by atoms with Crippen molar-refractivity contribution in [2.75, 3.05) is 0 Å². The first-order valence-electron chi connectivity index (χ1n) is 5.38. The third kappa shape index (κ3) is 2.79. The Kier molecular flexibility index (Phi) is 3.42. The molecule has 1 nitrogen and oxygen atoms in total. The third-order valence-electron chi connectivity index (χ3n) is 2.96. The molecule has 1 aromatic carbocycles. The Morgan fingerprint density at radius 1 is 1.47 bits per heavy atom. The third-order valence-corrected chi connectivity index (χ3v) is 3.58. The first-order valence-corrected chi connectivity index (χ1v) is 6.17. The van der Waals surface area contributed by atoms with Crippen molar-refractivity contribution < 1.29 is 4.39 Å². The van der Waals surface area contributed by atoms with Crippen LogP contribution >= 0.6 is 15.9 Å². The quantitative estimate of drug-likeness (QED) is 0.886. The van der Waals surface area contributed by atoms with E-state index in [1.807, 2.05) is 6.07 Å². The Hall–Kier alpha value is -0.410. The van der Waals surface area contributed by atoms with E-state index in [1.54, 1.807) is 12.1 Å². The number of halogens is 2. The predicted molar refractivity (Wildman–Crippen MR) is 63.0 cm³/mol. The van der Waals surface area contributed by atoms with Gasteiger partial charge in [-0.15, -0.1) is 0 Å². The van der Waals surface area contributed by atoms with Crippen LogP contribution in [0.15, 0.2) is 22.7 Å². The molecule has 82 valence electrons. The van der Waals surface area contributed by atoms with Crippen LogP contribution in [0.2, 0.25) is 0 Å². The molecule has 3 heteroatoms. The molecule has 1 saturated carbocycles. The lowest BCUT2D eigenvalue weighted by Crippen LogP contribution is -2.12. The predicted octanol–water partition coefficient (Wildman–Crippen LogP) is 3.78. The average Bonchev–Trinajstić information content (AvgIpc) is 3.02. The summed E-state index contributed by atoms with van der Waals surface area (Å²) in [5.41, 5.74) is 6.61. The Balaban J connectivity index is 2.02. The van der Waals surface area contributed by atoms with E-state index in [0.29, 0.717) is 10.0 Å². The highest BCUT2D eigenvalue weighted by atomic mass is 79.9. The first-order chi connectivity index (χ1) is 7.18. The van der Waals surface area contributed by atoms with Crippen LogP contribution in [0.1, 0.15) is 37.3 Å². The highest BCUT2D eigenvalue weighted by Gasteiger charge is 2.22. The minimum atomic E-state index is -0.208. The molecular weight excluding hydrogens is 257 g/mol. The van der Waals surface area contributed by atoms with Gasteiger partial charge >= 0.3 is 0 Å². The molecule has 1 aliphatic carbocycles. The van der Waals surface area contributed by atoms with Crippen molar-refractivity contribution in [2.24, 2.45) is 11.7 Å². The summed E-state index contributed by atoms with van der Waals surface area (Å²) in [7, 11) is 0. The summed E-state index contributed by atoms with van der Waals surface area (Å²) < 4.78 is 14.2. The fourth-order valence-electron chi connectivity index (χ4n) is 1.78. The summed E-state index contributed by atoms with van der Waals surface area (Å²) in [5, 5.41) is 0. The Labute approximate surface area is 98.0 Å². The van der Waals surface area contributed by atoms with E-state index in [2.05, 4.69) is 15.9 Å². The van der Waals surface area contributed by atoms with Crippen LogP contribution < -0.4 is 5.73 Å². The largest absolute Gasteiger partial charge is 0.324 e. The molecule has 1 unspecified atom stereocenters. The molecule has 15 heavy (non-hydrogen) atoms. The molecule has 0 amide bonds. The van der Waals surface area contributed by atoms with E-state index in [0.717, 1.165) is 18.8 Å². The number of hydrogen-bond donors (Lipinski definition) is 1. The van der Waals surface area contributed by atoms with Crippen LogP contribution in [0.25, 0.3) is 0 Å². The van der Waals surface area contributed by atoms with Gasteiger partial charge in [-0.05, 0) is 40.8 Å². The van der Waals surface area contributed by atoms with Crippen molar-refractivity contribution in [3.63, 3.8) is 0 Å². The van der Waals surface area contributed by atoms with E-state index in [1.165, 1.54) is 12.8 Å². The van der Waals surface area contributed by atoms with Crippen LogP contribution in [0.3, 0.4) is 0 Å². The molecule has 2 N–H and O–H groups in total. The number of nitrogens with two attached hydrogens (primary N) is 1. The van der Waals surface area contributed by atoms with Crippen molar-refractivity contribution in [3.8, 4) is 0 Å². The van der Waals surface area contributed by atoms with Gasteiger partial charge in [-0.2, -0.15) is 0 Å². The Morgan fingerprint density at radius 2 is 2.20 bits per heavy atom. The SMILES string of the molecule is NC(CCC1CC1)c1cccc(Br)c1F. The molecule has 0 saturated heterocycles. The van der Waals surface area contributed by atoms with E-state index in [-0.39, 0.29) is 11.9 Å². The number of hydrogen-bond acceptors (Lipinski definition) is 1. The lowest BCUT2D eigenvalue weighted by atomic mass is 10.0. The van der Waals surface area contributed by atoms with E-state index >= 15 is 0 Å². The van der Waals surface area contributed by atoms with Crippen LogP contribution in [0.4, 0.5) is 4.39 Å². The number of benzene rings is 1. The van der Waals surface area contributed by atoms with E-state index in [4.69, 9.17) is 5.73 Å². The summed E-state index contributed by atoms with van der Waals surface area (Å²) in [4.78, 5) is 0. The van der Waals surface area contributed by atoms with Gasteiger partial charge in [0.1, 0.15) is 5.82 Å². The lowest BCUT2D eigenvalue weighted by molar-refractivity contribution is 0.532. The summed E-state index contributed by atoms with van der Waals surface area (Å²) in [6, 6.07) is 5.15. The fourth-order valence-corrected chi connectivity index (χ4v) is 2.17. The van der Waals surface area contributed by atoms with E-state index < -0.39 is 0 Å². The first kappa shape index (κ1) is 11.1. The maximum absolute atomic E-state index is 13.7. The average molecular weight is 272 g/mol. The second kappa shape index (κ2) is 4.62. The molecule has 1 atom stereocenters. The van der Waals surface area contributed by atoms with Gasteiger partial charge in [0.25, 0.3) is 0 Å². The zero-order chi connectivity index (χ0) is 10.8. The molecule has 1 aliphatic rings. The topological polar surface area (TPSA) is 26.0 Å². The number of rotatable bonds is 4. The van der Waals surface area contributed by atoms with Crippen molar-refractivity contribution in [1.29, 1.82) is 0 Å². The van der Waals surface area contributed by atoms with Gasteiger partial charge in [0.15, 0.2) is 0 Å². The van der Waals surface area contributed by atoms with Gasteiger partial charge in [-0.25, -0.2) is 4.39 Å². The molecule has 0 spiro atoms. The summed E-state index contributed by atoms with van der Waals surface area (Å²) >= 11 is 3.18. The Morgan fingerprint density at radius 3 is 2.87 bits per heavy atom. The standard InChI is InChI=1S/C12H15BrFN/c13-10-3-1-2-9(12(10)14)11(15)7-6-8-4-5-8/h1-3,8,11H,4-7,15H2. The van der Waals surface area contributed by atoms with Crippen LogP contribution in [0.5, 0.6) is 0 Å². The zero-order valence-electron chi connectivity index (χ0n) is 8.55. The van der Waals surface area contributed by atoms with Crippen molar-refractivity contribution in [1.82, 2.24) is 0 Å². The molecular formula is C12H15BrFN. The molecule has 0 heterocycles. The molecule has 2 rings (SSSR count). The van der Waals surface area contributed by atoms with Gasteiger partial charge < -0.3 is 5.73 Å². The normalized spacial score (nSPS) is 17.8. The zero-order valence-corrected chi connectivity index (χ0v) is 10.1. The maximum atomic E-state index is 13.7. The summed E-state index contributed by atoms with van der Waals surface area (Å²) in [6.45, 7) is 0. The van der Waals surface area contributed by atoms with Gasteiger partial charge in [0, 0.05) is 11.6 Å². The lowest BCUT2D eigenvalue weighted by Gasteiger charge is -2.13. The Bertz CT molecular complexity index is 349. The second-order valence-corrected chi connectivity index (χ2v) is 5.12. The molecule has 0 aliphatic heterocycles. The van der Waals surface area contributed by atoms with Gasteiger partial charge in [0.2, 0.25) is 0 Å². The molecule has 0 bridgehead atoms. The molecule has 0 aromatic heterocycles. The van der Waals surface area contributed by atoms with Crippen LogP contribution in [-0.4, -0.2) is 0 Å². The minimum Gasteiger partial charge on any atom is -0.324 e. The van der Waals surface area contributed by atoms with Gasteiger partial charge in [-0.1, -0.05) is 25.0 Å². The van der Waals surface area contributed by atoms with Crippen molar-refractivity contribution in [3.05, 3.63) is 34.1 Å². The van der Waals surface area contributed by atoms with Gasteiger partial charge in [0.05, 0.1) is 4.47 Å². The van der Waals surface area contributed by atoms with Gasteiger partial charge in [-0.3, -0.25) is 0 Å². The maximum Gasteiger partial charge on any atom is 0.142 e. The highest BCUT2D eigenvalue weighted by molar-refractivity contribution is 9.10. The van der Waals surface area contributed by atoms with E-state index in [9.17, 15) is 4.39 Å². The highest BCUT2D eigenvalue weighted by Crippen LogP contribution is 2.36. The van der Waals surface area contributed by atoms with Crippen molar-refractivity contribution >= 4 is 15.9 Å². The molecule has 1 aromatic rings. The molecule has 0 radical (unpaired) electrons. The molecule has 1 fully saturated rings. The van der Waals surface area contributed by atoms with Crippen LogP contribution in [0, 0.1) is 11.7 Å². The van der Waals surface area contributed by atoms with Crippen molar-refractivity contribution in [2.45, 2.75) is 31.7 Å². The smallest absolute Gasteiger partial charge is 0.142 e. The monoisotopic (exact) mass is 271 g/mol. The fraction of sp³-hybridized carbons (Fsp3) is 0.500. The second-order valence-electron chi connectivity index (χ2n) is 4.27. The summed E-state index contributed by atoms with van der Waals surface area (Å²) in [6.07, 6.45) is 4.67. The summed E-state index contributed by atoms with van der Waals surface area (Å²) in [5.74, 6) is 0.645. The van der Waals surface area contributed by atoms with Crippen LogP contribution in [-0.2, 0) is 0 Å². The minimum absolute atomic E-state index is 0.164.